The first kappa shape index (κ1) is 21.3. The van der Waals surface area contributed by atoms with Gasteiger partial charge in [0.2, 0.25) is 5.91 Å². The van der Waals surface area contributed by atoms with Crippen LogP contribution in [0.4, 0.5) is 0 Å². The highest BCUT2D eigenvalue weighted by molar-refractivity contribution is 5.85. The molecule has 0 aliphatic carbocycles. The smallest absolute Gasteiger partial charge is 0.239 e. The Balaban J connectivity index is 0. The lowest BCUT2D eigenvalue weighted by Gasteiger charge is -2.37. The number of hydrogen-bond acceptors (Lipinski definition) is 3. The highest BCUT2D eigenvalue weighted by Crippen LogP contribution is 2.15. The van der Waals surface area contributed by atoms with E-state index in [1.807, 2.05) is 4.90 Å². The maximum atomic E-state index is 12.2. The predicted octanol–water partition coefficient (Wildman–Crippen LogP) is 1.76. The van der Waals surface area contributed by atoms with Crippen LogP contribution in [0.25, 0.3) is 0 Å². The van der Waals surface area contributed by atoms with Crippen LogP contribution >= 0.6 is 24.8 Å². The number of rotatable bonds is 4. The highest BCUT2D eigenvalue weighted by atomic mass is 35.5. The Hall–Kier alpha value is -0.0300. The molecule has 6 heteroatoms. The molecule has 2 N–H and O–H groups in total. The van der Waals surface area contributed by atoms with Crippen molar-refractivity contribution >= 4 is 30.7 Å². The number of halogens is 2. The van der Waals surface area contributed by atoms with Gasteiger partial charge in [0.1, 0.15) is 0 Å². The maximum absolute atomic E-state index is 12.2. The molecule has 1 aliphatic heterocycles. The van der Waals surface area contributed by atoms with Crippen LogP contribution in [-0.2, 0) is 4.79 Å². The summed E-state index contributed by atoms with van der Waals surface area (Å²) >= 11 is 0. The molecule has 0 bridgehead atoms. The van der Waals surface area contributed by atoms with E-state index < -0.39 is 0 Å². The van der Waals surface area contributed by atoms with Crippen molar-refractivity contribution in [3.63, 3.8) is 0 Å². The molecule has 0 aromatic carbocycles. The van der Waals surface area contributed by atoms with Crippen molar-refractivity contribution in [3.8, 4) is 0 Å². The van der Waals surface area contributed by atoms with E-state index in [0.29, 0.717) is 12.0 Å². The van der Waals surface area contributed by atoms with Crippen molar-refractivity contribution in [2.24, 2.45) is 11.7 Å². The van der Waals surface area contributed by atoms with Crippen molar-refractivity contribution in [1.29, 1.82) is 0 Å². The number of piperidine rings is 1. The van der Waals surface area contributed by atoms with E-state index in [1.165, 1.54) is 6.42 Å². The fourth-order valence-corrected chi connectivity index (χ4v) is 2.42. The number of hydrogen-bond donors (Lipinski definition) is 1. The summed E-state index contributed by atoms with van der Waals surface area (Å²) in [5.74, 6) is 0.605. The second-order valence-electron chi connectivity index (χ2n) is 5.78. The Labute approximate surface area is 129 Å². The summed E-state index contributed by atoms with van der Waals surface area (Å²) in [6, 6.07) is 0.162. The molecule has 19 heavy (non-hydrogen) atoms. The predicted molar refractivity (Wildman–Crippen MR) is 85.2 cm³/mol. The minimum Gasteiger partial charge on any atom is -0.340 e. The standard InChI is InChI=1S/C13H27N3O.2ClH/c1-10(2)8-12(14)13(17)16-7-5-6-11(9-16)15(3)4;;/h10-12H,5-9,14H2,1-4H3;2*1H/t11?,12-;;/m0../s1. The third kappa shape index (κ3) is 6.80. The van der Waals surface area contributed by atoms with Crippen LogP contribution in [0.5, 0.6) is 0 Å². The van der Waals surface area contributed by atoms with Gasteiger partial charge in [-0.3, -0.25) is 4.79 Å². The molecule has 0 spiro atoms. The lowest BCUT2D eigenvalue weighted by molar-refractivity contribution is -0.134. The summed E-state index contributed by atoms with van der Waals surface area (Å²) in [4.78, 5) is 16.3. The van der Waals surface area contributed by atoms with Crippen molar-refractivity contribution in [2.45, 2.75) is 45.2 Å². The summed E-state index contributed by atoms with van der Waals surface area (Å²) < 4.78 is 0. The Kier molecular flexibility index (Phi) is 11.0. The first-order chi connectivity index (χ1) is 7.91. The van der Waals surface area contributed by atoms with Gasteiger partial charge in [0.25, 0.3) is 0 Å². The first-order valence-corrected chi connectivity index (χ1v) is 6.62. The topological polar surface area (TPSA) is 49.6 Å². The van der Waals surface area contributed by atoms with E-state index in [0.717, 1.165) is 25.9 Å². The number of likely N-dealkylation sites (tertiary alicyclic amines) is 1. The average molecular weight is 314 g/mol. The van der Waals surface area contributed by atoms with E-state index in [-0.39, 0.29) is 36.8 Å². The molecule has 0 aromatic heterocycles. The van der Waals surface area contributed by atoms with Crippen LogP contribution in [0, 0.1) is 5.92 Å². The normalized spacial score (nSPS) is 20.8. The van der Waals surface area contributed by atoms with Gasteiger partial charge in [0, 0.05) is 19.1 Å². The van der Waals surface area contributed by atoms with Crippen LogP contribution in [-0.4, -0.2) is 55.0 Å². The fraction of sp³-hybridized carbons (Fsp3) is 0.923. The summed E-state index contributed by atoms with van der Waals surface area (Å²) in [6.45, 7) is 5.91. The molecule has 4 nitrogen and oxygen atoms in total. The number of carbonyl (C=O) groups is 1. The molecule has 1 rings (SSSR count). The van der Waals surface area contributed by atoms with Crippen molar-refractivity contribution < 1.29 is 4.79 Å². The van der Waals surface area contributed by atoms with E-state index in [2.05, 4.69) is 32.8 Å². The van der Waals surface area contributed by atoms with Crippen LogP contribution in [0.15, 0.2) is 0 Å². The number of carbonyl (C=O) groups excluding carboxylic acids is 1. The first-order valence-electron chi connectivity index (χ1n) is 6.62. The summed E-state index contributed by atoms with van der Waals surface area (Å²) in [5, 5.41) is 0. The maximum Gasteiger partial charge on any atom is 0.239 e. The van der Waals surface area contributed by atoms with Gasteiger partial charge in [-0.05, 0) is 39.3 Å². The SMILES string of the molecule is CC(C)C[C@H](N)C(=O)N1CCCC(N(C)C)C1.Cl.Cl. The Morgan fingerprint density at radius 3 is 2.42 bits per heavy atom. The molecule has 1 unspecified atom stereocenters. The van der Waals surface area contributed by atoms with Gasteiger partial charge in [-0.1, -0.05) is 13.8 Å². The molecular weight excluding hydrogens is 285 g/mol. The molecule has 0 aromatic rings. The second kappa shape index (κ2) is 9.81. The third-order valence-electron chi connectivity index (χ3n) is 3.48. The Bertz CT molecular complexity index is 262. The zero-order valence-corrected chi connectivity index (χ0v) is 14.1. The van der Waals surface area contributed by atoms with E-state index in [4.69, 9.17) is 5.73 Å². The van der Waals surface area contributed by atoms with E-state index in [1.54, 1.807) is 0 Å². The minimum atomic E-state index is -0.323. The summed E-state index contributed by atoms with van der Waals surface area (Å²) in [7, 11) is 4.15. The molecule has 1 fully saturated rings. The summed E-state index contributed by atoms with van der Waals surface area (Å²) in [6.07, 6.45) is 3.04. The minimum absolute atomic E-state index is 0. The van der Waals surface area contributed by atoms with Gasteiger partial charge in [-0.15, -0.1) is 24.8 Å². The van der Waals surface area contributed by atoms with Gasteiger partial charge in [0.05, 0.1) is 6.04 Å². The number of nitrogens with zero attached hydrogens (tertiary/aromatic N) is 2. The third-order valence-corrected chi connectivity index (χ3v) is 3.48. The Morgan fingerprint density at radius 2 is 1.95 bits per heavy atom. The van der Waals surface area contributed by atoms with Crippen LogP contribution in [0.3, 0.4) is 0 Å². The van der Waals surface area contributed by atoms with Gasteiger partial charge in [-0.2, -0.15) is 0 Å². The lowest BCUT2D eigenvalue weighted by Crippen LogP contribution is -2.52. The molecule has 0 radical (unpaired) electrons. The molecule has 1 saturated heterocycles. The van der Waals surface area contributed by atoms with Gasteiger partial charge < -0.3 is 15.5 Å². The van der Waals surface area contributed by atoms with Crippen molar-refractivity contribution in [2.75, 3.05) is 27.2 Å². The quantitative estimate of drug-likeness (QED) is 0.860. The Morgan fingerprint density at radius 1 is 1.37 bits per heavy atom. The molecule has 2 atom stereocenters. The van der Waals surface area contributed by atoms with Crippen LogP contribution < -0.4 is 5.73 Å². The molecular formula is C13H29Cl2N3O. The highest BCUT2D eigenvalue weighted by Gasteiger charge is 2.28. The largest absolute Gasteiger partial charge is 0.340 e. The molecule has 0 saturated carbocycles. The van der Waals surface area contributed by atoms with E-state index >= 15 is 0 Å². The molecule has 1 aliphatic rings. The van der Waals surface area contributed by atoms with Crippen molar-refractivity contribution in [1.82, 2.24) is 9.80 Å². The average Bonchev–Trinajstić information content (AvgIpc) is 2.27. The lowest BCUT2D eigenvalue weighted by atomic mass is 10.0. The number of amides is 1. The van der Waals surface area contributed by atoms with Crippen LogP contribution in [0.2, 0.25) is 0 Å². The molecule has 1 heterocycles. The summed E-state index contributed by atoms with van der Waals surface area (Å²) in [5.41, 5.74) is 5.97. The molecule has 116 valence electrons. The van der Waals surface area contributed by atoms with Gasteiger partial charge >= 0.3 is 0 Å². The van der Waals surface area contributed by atoms with Gasteiger partial charge in [0.15, 0.2) is 0 Å². The van der Waals surface area contributed by atoms with Crippen molar-refractivity contribution in [3.05, 3.63) is 0 Å². The molecule has 1 amide bonds. The van der Waals surface area contributed by atoms with E-state index in [9.17, 15) is 4.79 Å². The monoisotopic (exact) mass is 313 g/mol. The fourth-order valence-electron chi connectivity index (χ4n) is 2.42. The zero-order valence-electron chi connectivity index (χ0n) is 12.5. The second-order valence-corrected chi connectivity index (χ2v) is 5.78. The zero-order chi connectivity index (χ0) is 13.0. The van der Waals surface area contributed by atoms with Crippen LogP contribution in [0.1, 0.15) is 33.1 Å². The van der Waals surface area contributed by atoms with Gasteiger partial charge in [-0.25, -0.2) is 0 Å². The number of likely N-dealkylation sites (N-methyl/N-ethyl adjacent to an activating group) is 1. The number of nitrogens with two attached hydrogens (primary N) is 1.